The van der Waals surface area contributed by atoms with Crippen LogP contribution in [0.3, 0.4) is 0 Å². The first-order chi connectivity index (χ1) is 9.02. The summed E-state index contributed by atoms with van der Waals surface area (Å²) in [6.07, 6.45) is 0. The third-order valence-corrected chi connectivity index (χ3v) is 2.56. The maximum absolute atomic E-state index is 10.9. The van der Waals surface area contributed by atoms with Crippen molar-refractivity contribution < 1.29 is 23.8 Å². The van der Waals surface area contributed by atoms with E-state index in [2.05, 4.69) is 0 Å². The van der Waals surface area contributed by atoms with Gasteiger partial charge in [0, 0.05) is 13.8 Å². The summed E-state index contributed by atoms with van der Waals surface area (Å²) in [5.74, 6) is -0.163. The van der Waals surface area contributed by atoms with Crippen LogP contribution in [0.5, 0.6) is 5.75 Å². The number of rotatable bonds is 6. The van der Waals surface area contributed by atoms with E-state index in [1.807, 2.05) is 24.3 Å². The van der Waals surface area contributed by atoms with E-state index in [1.54, 1.807) is 7.11 Å². The molecule has 5 heteroatoms. The minimum atomic E-state index is -0.360. The van der Waals surface area contributed by atoms with Gasteiger partial charge in [-0.05, 0) is 17.7 Å². The van der Waals surface area contributed by atoms with Crippen LogP contribution in [0.25, 0.3) is 0 Å². The molecule has 104 valence electrons. The maximum atomic E-state index is 10.9. The van der Waals surface area contributed by atoms with Crippen LogP contribution in [-0.2, 0) is 19.1 Å². The molecule has 0 aliphatic carbocycles. The zero-order valence-electron chi connectivity index (χ0n) is 11.3. The van der Waals surface area contributed by atoms with Gasteiger partial charge in [-0.1, -0.05) is 12.1 Å². The van der Waals surface area contributed by atoms with Crippen molar-refractivity contribution in [3.63, 3.8) is 0 Å². The lowest BCUT2D eigenvalue weighted by Gasteiger charge is -2.17. The topological polar surface area (TPSA) is 61.8 Å². The second kappa shape index (κ2) is 7.41. The van der Waals surface area contributed by atoms with E-state index < -0.39 is 0 Å². The molecular weight excluding hydrogens is 248 g/mol. The zero-order valence-corrected chi connectivity index (χ0v) is 11.3. The lowest BCUT2D eigenvalue weighted by atomic mass is 10.0. The van der Waals surface area contributed by atoms with E-state index in [4.69, 9.17) is 14.2 Å². The summed E-state index contributed by atoms with van der Waals surface area (Å²) in [6.45, 7) is 3.04. The molecule has 0 radical (unpaired) electrons. The van der Waals surface area contributed by atoms with Gasteiger partial charge in [0.2, 0.25) is 0 Å². The molecule has 0 amide bonds. The average Bonchev–Trinajstić information content (AvgIpc) is 2.38. The molecular formula is C14H18O5. The standard InChI is InChI=1S/C14H18O5/c1-10(15)18-8-13(9-19-11(2)16)12-4-6-14(17-3)7-5-12/h4-7,13H,8-9H2,1-3H3. The Morgan fingerprint density at radius 2 is 1.47 bits per heavy atom. The van der Waals surface area contributed by atoms with Crippen molar-refractivity contribution in [2.75, 3.05) is 20.3 Å². The van der Waals surface area contributed by atoms with Crippen molar-refractivity contribution in [3.8, 4) is 5.75 Å². The Balaban J connectivity index is 2.74. The Morgan fingerprint density at radius 1 is 1.00 bits per heavy atom. The molecule has 1 aromatic rings. The Bertz CT molecular complexity index is 406. The third-order valence-electron chi connectivity index (χ3n) is 2.56. The summed E-state index contributed by atoms with van der Waals surface area (Å²) >= 11 is 0. The molecule has 0 fully saturated rings. The van der Waals surface area contributed by atoms with Gasteiger partial charge in [-0.25, -0.2) is 0 Å². The van der Waals surface area contributed by atoms with Gasteiger partial charge in [0.15, 0.2) is 0 Å². The van der Waals surface area contributed by atoms with Crippen LogP contribution in [-0.4, -0.2) is 32.3 Å². The van der Waals surface area contributed by atoms with Crippen LogP contribution in [0, 0.1) is 0 Å². The molecule has 1 aromatic carbocycles. The van der Waals surface area contributed by atoms with Gasteiger partial charge in [0.05, 0.1) is 13.0 Å². The van der Waals surface area contributed by atoms with E-state index in [1.165, 1.54) is 13.8 Å². The summed E-state index contributed by atoms with van der Waals surface area (Å²) < 4.78 is 15.0. The smallest absolute Gasteiger partial charge is 0.302 e. The highest BCUT2D eigenvalue weighted by Gasteiger charge is 2.15. The number of hydrogen-bond donors (Lipinski definition) is 0. The fraction of sp³-hybridized carbons (Fsp3) is 0.429. The first-order valence-electron chi connectivity index (χ1n) is 5.93. The summed E-state index contributed by atoms with van der Waals surface area (Å²) in [5, 5.41) is 0. The Morgan fingerprint density at radius 3 is 1.84 bits per heavy atom. The molecule has 0 saturated carbocycles. The van der Waals surface area contributed by atoms with E-state index >= 15 is 0 Å². The average molecular weight is 266 g/mol. The number of ether oxygens (including phenoxy) is 3. The molecule has 0 atom stereocenters. The highest BCUT2D eigenvalue weighted by molar-refractivity contribution is 5.66. The van der Waals surface area contributed by atoms with Gasteiger partial charge < -0.3 is 14.2 Å². The molecule has 0 heterocycles. The van der Waals surface area contributed by atoms with Crippen molar-refractivity contribution in [2.45, 2.75) is 19.8 Å². The van der Waals surface area contributed by atoms with Crippen molar-refractivity contribution in [1.29, 1.82) is 0 Å². The quantitative estimate of drug-likeness (QED) is 0.736. The molecule has 0 saturated heterocycles. The summed E-state index contributed by atoms with van der Waals surface area (Å²) in [5.41, 5.74) is 0.920. The summed E-state index contributed by atoms with van der Waals surface area (Å²) in [6, 6.07) is 7.33. The number of carbonyl (C=O) groups excluding carboxylic acids is 2. The van der Waals surface area contributed by atoms with Crippen LogP contribution in [0.1, 0.15) is 25.3 Å². The van der Waals surface area contributed by atoms with Crippen molar-refractivity contribution >= 4 is 11.9 Å². The van der Waals surface area contributed by atoms with Gasteiger partial charge in [0.25, 0.3) is 0 Å². The molecule has 19 heavy (non-hydrogen) atoms. The molecule has 0 aliphatic rings. The van der Waals surface area contributed by atoms with Gasteiger partial charge in [0.1, 0.15) is 19.0 Å². The zero-order chi connectivity index (χ0) is 14.3. The molecule has 0 unspecified atom stereocenters. The summed E-state index contributed by atoms with van der Waals surface area (Å²) in [7, 11) is 1.59. The first-order valence-corrected chi connectivity index (χ1v) is 5.93. The van der Waals surface area contributed by atoms with Crippen LogP contribution in [0.2, 0.25) is 0 Å². The van der Waals surface area contributed by atoms with Gasteiger partial charge >= 0.3 is 11.9 Å². The van der Waals surface area contributed by atoms with Gasteiger partial charge in [-0.2, -0.15) is 0 Å². The normalized spacial score (nSPS) is 10.1. The van der Waals surface area contributed by atoms with Gasteiger partial charge in [-0.15, -0.1) is 0 Å². The second-order valence-electron chi connectivity index (χ2n) is 4.08. The first kappa shape index (κ1) is 15.0. The molecule has 0 aromatic heterocycles. The number of benzene rings is 1. The van der Waals surface area contributed by atoms with E-state index in [0.717, 1.165) is 11.3 Å². The molecule has 0 aliphatic heterocycles. The number of carbonyl (C=O) groups is 2. The fourth-order valence-corrected chi connectivity index (χ4v) is 1.55. The summed E-state index contributed by atoms with van der Waals surface area (Å²) in [4.78, 5) is 21.7. The van der Waals surface area contributed by atoms with E-state index in [9.17, 15) is 9.59 Å². The highest BCUT2D eigenvalue weighted by Crippen LogP contribution is 2.20. The molecule has 5 nitrogen and oxygen atoms in total. The predicted octanol–water partition coefficient (Wildman–Crippen LogP) is 1.91. The number of esters is 2. The number of hydrogen-bond acceptors (Lipinski definition) is 5. The molecule has 0 spiro atoms. The second-order valence-corrected chi connectivity index (χ2v) is 4.08. The fourth-order valence-electron chi connectivity index (χ4n) is 1.55. The van der Waals surface area contributed by atoms with E-state index in [0.29, 0.717) is 0 Å². The molecule has 0 bridgehead atoms. The Kier molecular flexibility index (Phi) is 5.85. The largest absolute Gasteiger partial charge is 0.497 e. The van der Waals surface area contributed by atoms with E-state index in [-0.39, 0.29) is 31.1 Å². The maximum Gasteiger partial charge on any atom is 0.302 e. The predicted molar refractivity (Wildman–Crippen MR) is 69.0 cm³/mol. The number of methoxy groups -OCH3 is 1. The van der Waals surface area contributed by atoms with Crippen LogP contribution < -0.4 is 4.74 Å². The Hall–Kier alpha value is -2.04. The van der Waals surface area contributed by atoms with Crippen LogP contribution >= 0.6 is 0 Å². The minimum Gasteiger partial charge on any atom is -0.497 e. The van der Waals surface area contributed by atoms with Gasteiger partial charge in [-0.3, -0.25) is 9.59 Å². The molecule has 0 N–H and O–H groups in total. The monoisotopic (exact) mass is 266 g/mol. The van der Waals surface area contributed by atoms with Crippen LogP contribution in [0.4, 0.5) is 0 Å². The lowest BCUT2D eigenvalue weighted by Crippen LogP contribution is -2.17. The van der Waals surface area contributed by atoms with Crippen molar-refractivity contribution in [3.05, 3.63) is 29.8 Å². The molecule has 1 rings (SSSR count). The lowest BCUT2D eigenvalue weighted by molar-refractivity contribution is -0.144. The van der Waals surface area contributed by atoms with Crippen molar-refractivity contribution in [1.82, 2.24) is 0 Å². The SMILES string of the molecule is COc1ccc(C(COC(C)=O)COC(C)=O)cc1. The third kappa shape index (κ3) is 5.42. The highest BCUT2D eigenvalue weighted by atomic mass is 16.5. The van der Waals surface area contributed by atoms with Crippen molar-refractivity contribution in [2.24, 2.45) is 0 Å². The minimum absolute atomic E-state index is 0.176. The Labute approximate surface area is 112 Å². The van der Waals surface area contributed by atoms with Crippen LogP contribution in [0.15, 0.2) is 24.3 Å².